The molecule has 1 saturated carbocycles. The molecule has 2 rings (SSSR count). The van der Waals surface area contributed by atoms with Crippen molar-refractivity contribution in [1.82, 2.24) is 0 Å². The summed E-state index contributed by atoms with van der Waals surface area (Å²) < 4.78 is 11.3. The molecular weight excluding hydrogens is 428 g/mol. The van der Waals surface area contributed by atoms with Crippen molar-refractivity contribution in [3.63, 3.8) is 0 Å². The Morgan fingerprint density at radius 2 is 1.79 bits per heavy atom. The van der Waals surface area contributed by atoms with Gasteiger partial charge in [0.15, 0.2) is 0 Å². The molecule has 1 aliphatic rings. The van der Waals surface area contributed by atoms with Crippen LogP contribution < -0.4 is 0 Å². The maximum atomic E-state index is 12.9. The highest BCUT2D eigenvalue weighted by molar-refractivity contribution is 9.10. The number of Topliss-reactive ketones (excluding diaryl/α,β-unsaturated/α-hetero) is 1. The molecule has 0 radical (unpaired) electrons. The van der Waals surface area contributed by atoms with Crippen molar-refractivity contribution in [1.29, 1.82) is 0 Å². The molecule has 0 bridgehead atoms. The number of benzene rings is 1. The molecule has 0 aliphatic heterocycles. The Morgan fingerprint density at radius 1 is 1.18 bits per heavy atom. The highest BCUT2D eigenvalue weighted by atomic mass is 79.9. The number of hydrogen-bond acceptors (Lipinski definition) is 6. The summed E-state index contributed by atoms with van der Waals surface area (Å²) in [5.74, 6) is -4.82. The summed E-state index contributed by atoms with van der Waals surface area (Å²) in [7, 11) is 0. The van der Waals surface area contributed by atoms with Crippen LogP contribution in [-0.2, 0) is 23.9 Å². The Balaban J connectivity index is 2.68. The lowest BCUT2D eigenvalue weighted by Crippen LogP contribution is -2.56. The largest absolute Gasteiger partial charge is 0.466 e. The van der Waals surface area contributed by atoms with Crippen LogP contribution in [0.4, 0.5) is 0 Å². The van der Waals surface area contributed by atoms with E-state index in [-0.39, 0.29) is 25.4 Å². The van der Waals surface area contributed by atoms with Gasteiger partial charge in [0.2, 0.25) is 0 Å². The standard InChI is InChI=1S/C21H27BrO6/c1-5-27-19(24)15-11-21(4,26)18(12(3)23)17(20(25)28-6-2)16(15)13-8-7-9-14(22)10-13/h7-10,15-18,26H,5-6,11H2,1-4H3/t15-,16+,17+,18-,21+/m1/s1. The van der Waals surface area contributed by atoms with E-state index in [2.05, 4.69) is 15.9 Å². The molecule has 0 spiro atoms. The molecule has 0 amide bonds. The topological polar surface area (TPSA) is 89.9 Å². The van der Waals surface area contributed by atoms with Crippen molar-refractivity contribution in [3.05, 3.63) is 34.3 Å². The second-order valence-electron chi connectivity index (χ2n) is 7.37. The summed E-state index contributed by atoms with van der Waals surface area (Å²) in [4.78, 5) is 38.2. The normalized spacial score (nSPS) is 29.8. The van der Waals surface area contributed by atoms with Crippen LogP contribution in [0, 0.1) is 17.8 Å². The van der Waals surface area contributed by atoms with Gasteiger partial charge < -0.3 is 14.6 Å². The second kappa shape index (κ2) is 9.18. The molecule has 1 aromatic rings. The Morgan fingerprint density at radius 3 is 2.32 bits per heavy atom. The third-order valence-corrected chi connectivity index (χ3v) is 5.80. The number of rotatable bonds is 6. The van der Waals surface area contributed by atoms with Crippen molar-refractivity contribution in [3.8, 4) is 0 Å². The smallest absolute Gasteiger partial charge is 0.310 e. The first-order valence-electron chi connectivity index (χ1n) is 9.45. The molecule has 1 aliphatic carbocycles. The van der Waals surface area contributed by atoms with Gasteiger partial charge in [-0.15, -0.1) is 0 Å². The van der Waals surface area contributed by atoms with Crippen LogP contribution in [-0.4, -0.2) is 41.6 Å². The van der Waals surface area contributed by atoms with Crippen molar-refractivity contribution in [2.24, 2.45) is 17.8 Å². The first-order chi connectivity index (χ1) is 13.1. The Hall–Kier alpha value is -1.73. The number of ether oxygens (including phenoxy) is 2. The minimum absolute atomic E-state index is 0.0170. The summed E-state index contributed by atoms with van der Waals surface area (Å²) in [6, 6.07) is 7.27. The van der Waals surface area contributed by atoms with Gasteiger partial charge in [-0.2, -0.15) is 0 Å². The van der Waals surface area contributed by atoms with E-state index >= 15 is 0 Å². The third kappa shape index (κ3) is 4.63. The average Bonchev–Trinajstić information content (AvgIpc) is 2.60. The summed E-state index contributed by atoms with van der Waals surface area (Å²) in [6.45, 7) is 6.55. The van der Waals surface area contributed by atoms with E-state index in [0.29, 0.717) is 5.56 Å². The lowest BCUT2D eigenvalue weighted by molar-refractivity contribution is -0.176. The van der Waals surface area contributed by atoms with Gasteiger partial charge in [0, 0.05) is 10.4 Å². The van der Waals surface area contributed by atoms with Crippen LogP contribution >= 0.6 is 15.9 Å². The number of ketones is 1. The zero-order chi connectivity index (χ0) is 21.1. The average molecular weight is 455 g/mol. The predicted molar refractivity (Wildman–Crippen MR) is 107 cm³/mol. The molecule has 5 atom stereocenters. The third-order valence-electron chi connectivity index (χ3n) is 5.30. The van der Waals surface area contributed by atoms with E-state index in [1.54, 1.807) is 19.9 Å². The molecule has 0 heterocycles. The number of hydrogen-bond donors (Lipinski definition) is 1. The molecule has 154 valence electrons. The fourth-order valence-electron chi connectivity index (χ4n) is 4.39. The van der Waals surface area contributed by atoms with Crippen LogP contribution in [0.2, 0.25) is 0 Å². The molecule has 1 fully saturated rings. The zero-order valence-electron chi connectivity index (χ0n) is 16.6. The minimum Gasteiger partial charge on any atom is -0.466 e. The van der Waals surface area contributed by atoms with Crippen LogP contribution in [0.1, 0.15) is 45.6 Å². The van der Waals surface area contributed by atoms with E-state index in [1.165, 1.54) is 13.8 Å². The fraction of sp³-hybridized carbons (Fsp3) is 0.571. The van der Waals surface area contributed by atoms with Gasteiger partial charge in [0.1, 0.15) is 5.78 Å². The van der Waals surface area contributed by atoms with Crippen LogP contribution in [0.5, 0.6) is 0 Å². The van der Waals surface area contributed by atoms with Crippen LogP contribution in [0.25, 0.3) is 0 Å². The first kappa shape index (κ1) is 22.6. The van der Waals surface area contributed by atoms with Crippen molar-refractivity contribution in [2.75, 3.05) is 13.2 Å². The molecule has 7 heteroatoms. The Kier molecular flexibility index (Phi) is 7.39. The summed E-state index contributed by atoms with van der Waals surface area (Å²) in [5, 5.41) is 11.1. The van der Waals surface area contributed by atoms with E-state index in [9.17, 15) is 19.5 Å². The van der Waals surface area contributed by atoms with Crippen molar-refractivity contribution in [2.45, 2.75) is 45.6 Å². The minimum atomic E-state index is -1.54. The number of aliphatic hydroxyl groups is 1. The van der Waals surface area contributed by atoms with Gasteiger partial charge in [-0.3, -0.25) is 14.4 Å². The second-order valence-corrected chi connectivity index (χ2v) is 8.28. The van der Waals surface area contributed by atoms with Gasteiger partial charge in [-0.05, 0) is 51.8 Å². The van der Waals surface area contributed by atoms with Crippen LogP contribution in [0.3, 0.4) is 0 Å². The molecule has 0 unspecified atom stereocenters. The summed E-state index contributed by atoms with van der Waals surface area (Å²) in [6.07, 6.45) is 0.0170. The van der Waals surface area contributed by atoms with Gasteiger partial charge in [0.25, 0.3) is 0 Å². The maximum Gasteiger partial charge on any atom is 0.310 e. The highest BCUT2D eigenvalue weighted by Crippen LogP contribution is 2.51. The zero-order valence-corrected chi connectivity index (χ0v) is 18.2. The monoisotopic (exact) mass is 454 g/mol. The molecular formula is C21H27BrO6. The summed E-state index contributed by atoms with van der Waals surface area (Å²) in [5.41, 5.74) is -0.823. The van der Waals surface area contributed by atoms with Gasteiger partial charge in [0.05, 0.1) is 36.6 Å². The molecule has 1 aromatic carbocycles. The van der Waals surface area contributed by atoms with Gasteiger partial charge in [-0.25, -0.2) is 0 Å². The molecule has 1 N–H and O–H groups in total. The molecule has 0 saturated heterocycles. The first-order valence-corrected chi connectivity index (χ1v) is 10.2. The number of esters is 2. The molecule has 0 aromatic heterocycles. The Bertz CT molecular complexity index is 744. The molecule has 6 nitrogen and oxygen atoms in total. The van der Waals surface area contributed by atoms with Gasteiger partial charge >= 0.3 is 11.9 Å². The van der Waals surface area contributed by atoms with Crippen molar-refractivity contribution < 1.29 is 29.0 Å². The molecule has 28 heavy (non-hydrogen) atoms. The van der Waals surface area contributed by atoms with Crippen LogP contribution in [0.15, 0.2) is 28.7 Å². The number of halogens is 1. The van der Waals surface area contributed by atoms with E-state index < -0.39 is 41.2 Å². The quantitative estimate of drug-likeness (QED) is 0.663. The maximum absolute atomic E-state index is 12.9. The number of carbonyl (C=O) groups is 3. The van der Waals surface area contributed by atoms with E-state index in [1.807, 2.05) is 18.2 Å². The predicted octanol–water partition coefficient (Wildman–Crippen LogP) is 3.25. The lowest BCUT2D eigenvalue weighted by atomic mass is 9.57. The SMILES string of the molecule is CCOC(=O)[C@H]1[C@@H](c2cccc(Br)c2)[C@H](C(=O)OCC)C[C@](C)(O)[C@@H]1C(C)=O. The lowest BCUT2D eigenvalue weighted by Gasteiger charge is -2.47. The van der Waals surface area contributed by atoms with Gasteiger partial charge in [-0.1, -0.05) is 28.1 Å². The van der Waals surface area contributed by atoms with E-state index in [4.69, 9.17) is 9.47 Å². The fourth-order valence-corrected chi connectivity index (χ4v) is 4.81. The summed E-state index contributed by atoms with van der Waals surface area (Å²) >= 11 is 3.42. The highest BCUT2D eigenvalue weighted by Gasteiger charge is 2.57. The Labute approximate surface area is 173 Å². The number of carbonyl (C=O) groups excluding carboxylic acids is 3. The van der Waals surface area contributed by atoms with E-state index in [0.717, 1.165) is 4.47 Å². The van der Waals surface area contributed by atoms with Crippen molar-refractivity contribution >= 4 is 33.7 Å².